The van der Waals surface area contributed by atoms with Crippen molar-refractivity contribution in [3.8, 4) is 10.4 Å². The molecular formula is C12H14N2OS. The number of aliphatic hydroxyl groups is 1. The first kappa shape index (κ1) is 11.0. The van der Waals surface area contributed by atoms with Crippen LogP contribution >= 0.6 is 11.3 Å². The van der Waals surface area contributed by atoms with Crippen molar-refractivity contribution in [2.24, 2.45) is 0 Å². The highest BCUT2D eigenvalue weighted by Crippen LogP contribution is 2.33. The van der Waals surface area contributed by atoms with Gasteiger partial charge in [-0.05, 0) is 41.1 Å². The van der Waals surface area contributed by atoms with Gasteiger partial charge in [0, 0.05) is 22.9 Å². The lowest BCUT2D eigenvalue weighted by molar-refractivity contribution is 0.300. The highest BCUT2D eigenvalue weighted by Gasteiger charge is 2.10. The van der Waals surface area contributed by atoms with Crippen LogP contribution in [0.1, 0.15) is 5.56 Å². The fourth-order valence-corrected chi connectivity index (χ4v) is 2.53. The third kappa shape index (κ3) is 2.03. The van der Waals surface area contributed by atoms with E-state index in [4.69, 9.17) is 16.6 Å². The van der Waals surface area contributed by atoms with Crippen molar-refractivity contribution in [3.05, 3.63) is 35.2 Å². The maximum absolute atomic E-state index is 9.05. The van der Waals surface area contributed by atoms with Gasteiger partial charge >= 0.3 is 0 Å². The first-order valence-electron chi connectivity index (χ1n) is 5.05. The Labute approximate surface area is 98.3 Å². The molecule has 0 amide bonds. The summed E-state index contributed by atoms with van der Waals surface area (Å²) in [5, 5.41) is 11.1. The summed E-state index contributed by atoms with van der Waals surface area (Å²) in [7, 11) is 0. The van der Waals surface area contributed by atoms with E-state index in [-0.39, 0.29) is 6.61 Å². The van der Waals surface area contributed by atoms with E-state index >= 15 is 0 Å². The molecule has 0 fully saturated rings. The summed E-state index contributed by atoms with van der Waals surface area (Å²) in [6.45, 7) is 0.0898. The van der Waals surface area contributed by atoms with Gasteiger partial charge in [0.15, 0.2) is 0 Å². The molecule has 2 aromatic rings. The zero-order valence-electron chi connectivity index (χ0n) is 8.81. The fourth-order valence-electron chi connectivity index (χ4n) is 1.76. The molecule has 0 bridgehead atoms. The molecule has 1 heterocycles. The summed E-state index contributed by atoms with van der Waals surface area (Å²) in [5.41, 5.74) is 15.0. The zero-order chi connectivity index (χ0) is 11.5. The molecule has 0 aliphatic rings. The maximum Gasteiger partial charge on any atom is 0.0472 e. The molecular weight excluding hydrogens is 220 g/mol. The van der Waals surface area contributed by atoms with Gasteiger partial charge in [0.05, 0.1) is 0 Å². The van der Waals surface area contributed by atoms with Crippen molar-refractivity contribution in [1.82, 2.24) is 0 Å². The minimum atomic E-state index is 0.0898. The molecule has 3 nitrogen and oxygen atoms in total. The number of benzene rings is 1. The Bertz CT molecular complexity index is 480. The minimum absolute atomic E-state index is 0.0898. The predicted octanol–water partition coefficient (Wildman–Crippen LogP) is 2.11. The van der Waals surface area contributed by atoms with Crippen LogP contribution in [0.3, 0.4) is 0 Å². The van der Waals surface area contributed by atoms with E-state index in [2.05, 4.69) is 0 Å². The maximum atomic E-state index is 9.05. The smallest absolute Gasteiger partial charge is 0.0472 e. The lowest BCUT2D eigenvalue weighted by Crippen LogP contribution is -2.01. The van der Waals surface area contributed by atoms with E-state index in [1.807, 2.05) is 23.6 Å². The highest BCUT2D eigenvalue weighted by molar-refractivity contribution is 7.13. The van der Waals surface area contributed by atoms with E-state index in [9.17, 15) is 0 Å². The van der Waals surface area contributed by atoms with Gasteiger partial charge < -0.3 is 16.6 Å². The second kappa shape index (κ2) is 4.55. The van der Waals surface area contributed by atoms with Crippen LogP contribution in [0.4, 0.5) is 11.4 Å². The summed E-state index contributed by atoms with van der Waals surface area (Å²) >= 11 is 1.64. The Morgan fingerprint density at radius 3 is 2.69 bits per heavy atom. The van der Waals surface area contributed by atoms with Crippen molar-refractivity contribution < 1.29 is 5.11 Å². The number of hydrogen-bond acceptors (Lipinski definition) is 4. The van der Waals surface area contributed by atoms with Crippen LogP contribution in [0.15, 0.2) is 29.6 Å². The van der Waals surface area contributed by atoms with Gasteiger partial charge in [-0.25, -0.2) is 0 Å². The quantitative estimate of drug-likeness (QED) is 0.712. The summed E-state index contributed by atoms with van der Waals surface area (Å²) < 4.78 is 0. The van der Waals surface area contributed by atoms with Crippen LogP contribution in [-0.4, -0.2) is 11.7 Å². The molecule has 1 aromatic heterocycles. The zero-order valence-corrected chi connectivity index (χ0v) is 9.63. The van der Waals surface area contributed by atoms with Gasteiger partial charge in [-0.15, -0.1) is 11.3 Å². The molecule has 0 aliphatic heterocycles. The average Bonchev–Trinajstić information content (AvgIpc) is 2.75. The molecule has 0 saturated heterocycles. The lowest BCUT2D eigenvalue weighted by atomic mass is 10.0. The third-order valence-corrected chi connectivity index (χ3v) is 3.36. The summed E-state index contributed by atoms with van der Waals surface area (Å²) in [6.07, 6.45) is 0.555. The van der Waals surface area contributed by atoms with Gasteiger partial charge in [-0.1, -0.05) is 6.07 Å². The number of rotatable bonds is 3. The van der Waals surface area contributed by atoms with E-state index in [0.29, 0.717) is 17.8 Å². The predicted molar refractivity (Wildman–Crippen MR) is 69.4 cm³/mol. The van der Waals surface area contributed by atoms with E-state index in [1.165, 1.54) is 0 Å². The average molecular weight is 234 g/mol. The SMILES string of the molecule is Nc1cc(N)c(CCO)c(-c2cccs2)c1. The van der Waals surface area contributed by atoms with Crippen molar-refractivity contribution in [1.29, 1.82) is 0 Å². The van der Waals surface area contributed by atoms with Gasteiger partial charge in [-0.3, -0.25) is 0 Å². The Morgan fingerprint density at radius 1 is 1.25 bits per heavy atom. The van der Waals surface area contributed by atoms with E-state index in [1.54, 1.807) is 17.4 Å². The second-order valence-electron chi connectivity index (χ2n) is 3.59. The second-order valence-corrected chi connectivity index (χ2v) is 4.53. The lowest BCUT2D eigenvalue weighted by Gasteiger charge is -2.11. The molecule has 5 N–H and O–H groups in total. The van der Waals surface area contributed by atoms with Crippen LogP contribution in [0.5, 0.6) is 0 Å². The molecule has 2 rings (SSSR count). The van der Waals surface area contributed by atoms with Crippen molar-refractivity contribution in [3.63, 3.8) is 0 Å². The Balaban J connectivity index is 2.57. The fraction of sp³-hybridized carbons (Fsp3) is 0.167. The third-order valence-electron chi connectivity index (χ3n) is 2.46. The Morgan fingerprint density at radius 2 is 2.06 bits per heavy atom. The standard InChI is InChI=1S/C12H14N2OS/c13-8-6-10(12-2-1-5-16-12)9(3-4-15)11(14)7-8/h1-2,5-7,15H,3-4,13-14H2. The van der Waals surface area contributed by atoms with E-state index < -0.39 is 0 Å². The van der Waals surface area contributed by atoms with Crippen LogP contribution in [0.2, 0.25) is 0 Å². The minimum Gasteiger partial charge on any atom is -0.399 e. The first-order valence-corrected chi connectivity index (χ1v) is 5.93. The largest absolute Gasteiger partial charge is 0.399 e. The summed E-state index contributed by atoms with van der Waals surface area (Å²) in [4.78, 5) is 1.13. The number of anilines is 2. The number of nitrogen functional groups attached to an aromatic ring is 2. The first-order chi connectivity index (χ1) is 7.72. The highest BCUT2D eigenvalue weighted by atomic mass is 32.1. The Hall–Kier alpha value is -1.52. The molecule has 4 heteroatoms. The van der Waals surface area contributed by atoms with Crippen molar-refractivity contribution in [2.45, 2.75) is 6.42 Å². The molecule has 0 saturated carbocycles. The van der Waals surface area contributed by atoms with Crippen molar-refractivity contribution >= 4 is 22.7 Å². The Kier molecular flexibility index (Phi) is 3.12. The molecule has 0 aliphatic carbocycles. The van der Waals surface area contributed by atoms with Gasteiger partial charge in [0.2, 0.25) is 0 Å². The molecule has 0 atom stereocenters. The van der Waals surface area contributed by atoms with Crippen LogP contribution in [0.25, 0.3) is 10.4 Å². The van der Waals surface area contributed by atoms with Crippen LogP contribution in [-0.2, 0) is 6.42 Å². The topological polar surface area (TPSA) is 72.3 Å². The molecule has 0 unspecified atom stereocenters. The van der Waals surface area contributed by atoms with Crippen LogP contribution in [0, 0.1) is 0 Å². The van der Waals surface area contributed by atoms with Gasteiger partial charge in [-0.2, -0.15) is 0 Å². The molecule has 0 radical (unpaired) electrons. The summed E-state index contributed by atoms with van der Waals surface area (Å²) in [6, 6.07) is 7.66. The number of thiophene rings is 1. The molecule has 0 spiro atoms. The number of nitrogens with two attached hydrogens (primary N) is 2. The molecule has 16 heavy (non-hydrogen) atoms. The van der Waals surface area contributed by atoms with Crippen molar-refractivity contribution in [2.75, 3.05) is 18.1 Å². The summed E-state index contributed by atoms with van der Waals surface area (Å²) in [5.74, 6) is 0. The monoisotopic (exact) mass is 234 g/mol. The molecule has 1 aromatic carbocycles. The van der Waals surface area contributed by atoms with E-state index in [0.717, 1.165) is 16.0 Å². The molecule has 84 valence electrons. The normalized spacial score (nSPS) is 10.6. The van der Waals surface area contributed by atoms with Gasteiger partial charge in [0.25, 0.3) is 0 Å². The number of hydrogen-bond donors (Lipinski definition) is 3. The number of aliphatic hydroxyl groups excluding tert-OH is 1. The van der Waals surface area contributed by atoms with Gasteiger partial charge in [0.1, 0.15) is 0 Å². The van der Waals surface area contributed by atoms with Crippen LogP contribution < -0.4 is 11.5 Å².